The zero-order valence-electron chi connectivity index (χ0n) is 8.69. The third-order valence-corrected chi connectivity index (χ3v) is 3.90. The summed E-state index contributed by atoms with van der Waals surface area (Å²) in [4.78, 5) is 12.9. The monoisotopic (exact) mass is 200 g/mol. The number of ether oxygens (including phenoxy) is 1. The normalized spacial score (nSPS) is 46.4. The Morgan fingerprint density at radius 1 is 1.50 bits per heavy atom. The Labute approximate surface area is 83.8 Å². The number of fused-ring (bicyclic) bond motifs is 2. The van der Waals surface area contributed by atoms with Crippen LogP contribution < -0.4 is 4.90 Å². The molecule has 4 unspecified atom stereocenters. The fraction of sp³-hybridized carbons (Fsp3) is 0.900. The van der Waals surface area contributed by atoms with E-state index in [4.69, 9.17) is 4.74 Å². The van der Waals surface area contributed by atoms with Crippen LogP contribution in [-0.2, 0) is 9.53 Å². The summed E-state index contributed by atoms with van der Waals surface area (Å²) in [5.41, 5.74) is 0. The minimum Gasteiger partial charge on any atom is -0.469 e. The van der Waals surface area contributed by atoms with Gasteiger partial charge < -0.3 is 14.7 Å². The van der Waals surface area contributed by atoms with Crippen LogP contribution in [-0.4, -0.2) is 43.4 Å². The molecule has 0 radical (unpaired) electrons. The SMILES string of the molecule is COC(=O)C1C2CCC(C[C@H]1O)[NH+]2C. The fourth-order valence-electron chi connectivity index (χ4n) is 3.07. The van der Waals surface area contributed by atoms with Crippen LogP contribution in [0.3, 0.4) is 0 Å². The van der Waals surface area contributed by atoms with Crippen molar-refractivity contribution in [1.29, 1.82) is 0 Å². The molecule has 4 nitrogen and oxygen atoms in total. The van der Waals surface area contributed by atoms with Crippen LogP contribution in [0, 0.1) is 5.92 Å². The van der Waals surface area contributed by atoms with Crippen molar-refractivity contribution in [2.45, 2.75) is 37.5 Å². The molecular weight excluding hydrogens is 182 g/mol. The minimum atomic E-state index is -0.497. The summed E-state index contributed by atoms with van der Waals surface area (Å²) in [6, 6.07) is 0.798. The van der Waals surface area contributed by atoms with Gasteiger partial charge in [0.1, 0.15) is 12.0 Å². The van der Waals surface area contributed by atoms with Crippen molar-refractivity contribution >= 4 is 5.97 Å². The second-order valence-electron chi connectivity index (χ2n) is 4.48. The first-order valence-electron chi connectivity index (χ1n) is 5.24. The van der Waals surface area contributed by atoms with Gasteiger partial charge in [-0.3, -0.25) is 4.79 Å². The Kier molecular flexibility index (Phi) is 2.49. The molecule has 0 aromatic carbocycles. The average Bonchev–Trinajstić information content (AvgIpc) is 2.42. The highest BCUT2D eigenvalue weighted by Gasteiger charge is 2.52. The Balaban J connectivity index is 2.18. The van der Waals surface area contributed by atoms with Crippen LogP contribution in [0.4, 0.5) is 0 Å². The quantitative estimate of drug-likeness (QED) is 0.511. The number of piperidine rings is 1. The number of rotatable bonds is 1. The minimum absolute atomic E-state index is 0.248. The molecule has 2 saturated heterocycles. The molecule has 0 aromatic heterocycles. The van der Waals surface area contributed by atoms with Gasteiger partial charge in [0.25, 0.3) is 0 Å². The molecule has 2 fully saturated rings. The highest BCUT2D eigenvalue weighted by molar-refractivity contribution is 5.73. The first kappa shape index (κ1) is 9.93. The lowest BCUT2D eigenvalue weighted by molar-refractivity contribution is -0.926. The highest BCUT2D eigenvalue weighted by Crippen LogP contribution is 2.28. The smallest absolute Gasteiger partial charge is 0.317 e. The number of aliphatic hydroxyl groups excluding tert-OH is 1. The zero-order chi connectivity index (χ0) is 10.3. The van der Waals surface area contributed by atoms with Crippen LogP contribution in [0.15, 0.2) is 0 Å². The third-order valence-electron chi connectivity index (χ3n) is 3.90. The molecule has 2 rings (SSSR count). The lowest BCUT2D eigenvalue weighted by Crippen LogP contribution is -3.16. The molecule has 2 aliphatic rings. The second-order valence-corrected chi connectivity index (χ2v) is 4.48. The van der Waals surface area contributed by atoms with E-state index < -0.39 is 6.10 Å². The number of hydrogen-bond donors (Lipinski definition) is 2. The summed E-state index contributed by atoms with van der Waals surface area (Å²) in [6.45, 7) is 0. The summed E-state index contributed by atoms with van der Waals surface area (Å²) in [5, 5.41) is 9.85. The fourth-order valence-corrected chi connectivity index (χ4v) is 3.07. The van der Waals surface area contributed by atoms with E-state index in [0.717, 1.165) is 19.3 Å². The summed E-state index contributed by atoms with van der Waals surface area (Å²) < 4.78 is 4.75. The first-order chi connectivity index (χ1) is 6.65. The molecule has 2 bridgehead atoms. The van der Waals surface area contributed by atoms with E-state index in [1.54, 1.807) is 0 Å². The Morgan fingerprint density at radius 2 is 2.21 bits per heavy atom. The lowest BCUT2D eigenvalue weighted by Gasteiger charge is -2.36. The van der Waals surface area contributed by atoms with Gasteiger partial charge in [-0.1, -0.05) is 0 Å². The van der Waals surface area contributed by atoms with E-state index in [0.29, 0.717) is 6.04 Å². The number of carbonyl (C=O) groups excluding carboxylic acids is 1. The van der Waals surface area contributed by atoms with Crippen LogP contribution in [0.1, 0.15) is 19.3 Å². The Hall–Kier alpha value is -0.610. The molecule has 2 aliphatic heterocycles. The largest absolute Gasteiger partial charge is 0.469 e. The lowest BCUT2D eigenvalue weighted by atomic mass is 9.88. The van der Waals surface area contributed by atoms with Crippen molar-refractivity contribution in [2.75, 3.05) is 14.2 Å². The van der Waals surface area contributed by atoms with Crippen molar-refractivity contribution in [3.63, 3.8) is 0 Å². The summed E-state index contributed by atoms with van der Waals surface area (Å²) >= 11 is 0. The number of esters is 1. The number of aliphatic hydroxyl groups is 1. The first-order valence-corrected chi connectivity index (χ1v) is 5.24. The number of carbonyl (C=O) groups is 1. The van der Waals surface area contributed by atoms with Crippen LogP contribution in [0.25, 0.3) is 0 Å². The Morgan fingerprint density at radius 3 is 2.86 bits per heavy atom. The zero-order valence-corrected chi connectivity index (χ0v) is 8.69. The van der Waals surface area contributed by atoms with Crippen molar-refractivity contribution < 1.29 is 19.5 Å². The number of hydrogen-bond acceptors (Lipinski definition) is 3. The van der Waals surface area contributed by atoms with Gasteiger partial charge in [-0.25, -0.2) is 0 Å². The van der Waals surface area contributed by atoms with Gasteiger partial charge in [0.05, 0.1) is 26.3 Å². The van der Waals surface area contributed by atoms with Crippen LogP contribution in [0.2, 0.25) is 0 Å². The molecule has 2 N–H and O–H groups in total. The molecule has 80 valence electrons. The van der Waals surface area contributed by atoms with Gasteiger partial charge in [-0.15, -0.1) is 0 Å². The van der Waals surface area contributed by atoms with E-state index in [9.17, 15) is 9.90 Å². The van der Waals surface area contributed by atoms with Crippen molar-refractivity contribution in [3.8, 4) is 0 Å². The van der Waals surface area contributed by atoms with Gasteiger partial charge in [0.15, 0.2) is 0 Å². The van der Waals surface area contributed by atoms with E-state index in [2.05, 4.69) is 7.05 Å². The number of nitrogens with one attached hydrogen (secondary N) is 1. The maximum absolute atomic E-state index is 11.5. The van der Waals surface area contributed by atoms with E-state index in [1.807, 2.05) is 0 Å². The predicted molar refractivity (Wildman–Crippen MR) is 49.8 cm³/mol. The molecule has 0 spiro atoms. The summed E-state index contributed by atoms with van der Waals surface area (Å²) in [6.07, 6.45) is 2.40. The molecule has 0 saturated carbocycles. The van der Waals surface area contributed by atoms with Gasteiger partial charge in [-0.05, 0) is 0 Å². The van der Waals surface area contributed by atoms with E-state index in [-0.39, 0.29) is 17.9 Å². The van der Waals surface area contributed by atoms with Crippen LogP contribution in [0.5, 0.6) is 0 Å². The molecule has 5 atom stereocenters. The van der Waals surface area contributed by atoms with Gasteiger partial charge in [-0.2, -0.15) is 0 Å². The van der Waals surface area contributed by atoms with Crippen molar-refractivity contribution in [2.24, 2.45) is 5.92 Å². The topological polar surface area (TPSA) is 51.0 Å². The molecule has 0 aliphatic carbocycles. The Bertz CT molecular complexity index is 244. The standard InChI is InChI=1S/C10H17NO3/c1-11-6-3-4-7(11)9(8(12)5-6)10(13)14-2/h6-9,12H,3-5H2,1-2H3/p+1/t6?,7?,8-,9?/m1/s1. The van der Waals surface area contributed by atoms with Crippen molar-refractivity contribution in [1.82, 2.24) is 0 Å². The summed E-state index contributed by atoms with van der Waals surface area (Å²) in [7, 11) is 3.51. The molecule has 4 heteroatoms. The molecule has 14 heavy (non-hydrogen) atoms. The highest BCUT2D eigenvalue weighted by atomic mass is 16.5. The number of methoxy groups -OCH3 is 1. The van der Waals surface area contributed by atoms with Gasteiger partial charge >= 0.3 is 5.97 Å². The van der Waals surface area contributed by atoms with E-state index >= 15 is 0 Å². The second kappa shape index (κ2) is 3.51. The third kappa shape index (κ3) is 1.33. The average molecular weight is 200 g/mol. The predicted octanol–water partition coefficient (Wildman–Crippen LogP) is -1.41. The maximum Gasteiger partial charge on any atom is 0.317 e. The van der Waals surface area contributed by atoms with E-state index in [1.165, 1.54) is 12.0 Å². The summed E-state index contributed by atoms with van der Waals surface area (Å²) in [5.74, 6) is -0.555. The molecule has 2 heterocycles. The molecular formula is C10H18NO3+. The van der Waals surface area contributed by atoms with Gasteiger partial charge in [0.2, 0.25) is 0 Å². The van der Waals surface area contributed by atoms with Gasteiger partial charge in [0, 0.05) is 19.3 Å². The van der Waals surface area contributed by atoms with Crippen LogP contribution >= 0.6 is 0 Å². The van der Waals surface area contributed by atoms with Crippen molar-refractivity contribution in [3.05, 3.63) is 0 Å². The number of quaternary nitrogens is 1. The molecule has 0 amide bonds. The molecule has 0 aromatic rings. The maximum atomic E-state index is 11.5.